The Morgan fingerprint density at radius 3 is 2.40 bits per heavy atom. The van der Waals surface area contributed by atoms with Crippen molar-refractivity contribution >= 4 is 5.84 Å². The minimum atomic E-state index is -0.291. The van der Waals surface area contributed by atoms with Crippen molar-refractivity contribution in [3.8, 4) is 12.3 Å². The fourth-order valence-corrected chi connectivity index (χ4v) is 3.71. The van der Waals surface area contributed by atoms with Crippen LogP contribution in [0.5, 0.6) is 0 Å². The Morgan fingerprint density at radius 1 is 1.08 bits per heavy atom. The monoisotopic (exact) mass is 336 g/mol. The Bertz CT molecular complexity index is 618. The molecule has 0 bridgehead atoms. The lowest BCUT2D eigenvalue weighted by Gasteiger charge is -2.31. The first-order valence-electron chi connectivity index (χ1n) is 9.46. The number of nitrogens with zero attached hydrogens (tertiary/aromatic N) is 4. The van der Waals surface area contributed by atoms with Crippen molar-refractivity contribution in [1.29, 1.82) is 10.5 Å². The largest absolute Gasteiger partial charge is 0.358 e. The van der Waals surface area contributed by atoms with Gasteiger partial charge in [0.1, 0.15) is 11.8 Å². The van der Waals surface area contributed by atoms with E-state index in [4.69, 9.17) is 5.26 Å². The van der Waals surface area contributed by atoms with Crippen molar-refractivity contribution in [3.05, 3.63) is 35.9 Å². The number of amidine groups is 1. The Kier molecular flexibility index (Phi) is 7.99. The molecule has 0 spiro atoms. The van der Waals surface area contributed by atoms with Gasteiger partial charge in [0.15, 0.2) is 0 Å². The number of benzene rings is 1. The molecule has 0 saturated carbocycles. The Balaban J connectivity index is 2.07. The van der Waals surface area contributed by atoms with Gasteiger partial charge in [0.2, 0.25) is 6.19 Å². The van der Waals surface area contributed by atoms with Crippen LogP contribution in [0.15, 0.2) is 35.3 Å². The highest BCUT2D eigenvalue weighted by Gasteiger charge is 2.25. The average molecular weight is 336 g/mol. The van der Waals surface area contributed by atoms with Crippen molar-refractivity contribution in [1.82, 2.24) is 4.90 Å². The molecule has 4 heteroatoms. The van der Waals surface area contributed by atoms with Gasteiger partial charge in [-0.05, 0) is 50.0 Å². The smallest absolute Gasteiger partial charge is 0.207 e. The van der Waals surface area contributed by atoms with Crippen molar-refractivity contribution in [2.24, 2.45) is 10.9 Å². The normalized spacial score (nSPS) is 17.4. The van der Waals surface area contributed by atoms with Crippen LogP contribution in [0.1, 0.15) is 63.4 Å². The summed E-state index contributed by atoms with van der Waals surface area (Å²) in [5, 5.41) is 18.8. The van der Waals surface area contributed by atoms with Crippen LogP contribution < -0.4 is 0 Å². The van der Waals surface area contributed by atoms with E-state index in [0.717, 1.165) is 51.6 Å². The summed E-state index contributed by atoms with van der Waals surface area (Å²) >= 11 is 0. The van der Waals surface area contributed by atoms with Gasteiger partial charge in [-0.15, -0.1) is 0 Å². The highest BCUT2D eigenvalue weighted by Crippen LogP contribution is 2.29. The summed E-state index contributed by atoms with van der Waals surface area (Å²) < 4.78 is 0. The van der Waals surface area contributed by atoms with E-state index in [-0.39, 0.29) is 5.92 Å². The second kappa shape index (κ2) is 10.5. The van der Waals surface area contributed by atoms with Crippen LogP contribution in [0.4, 0.5) is 0 Å². The lowest BCUT2D eigenvalue weighted by Crippen LogP contribution is -2.39. The molecule has 25 heavy (non-hydrogen) atoms. The van der Waals surface area contributed by atoms with E-state index < -0.39 is 0 Å². The maximum Gasteiger partial charge on any atom is 0.207 e. The second-order valence-electron chi connectivity index (χ2n) is 6.77. The van der Waals surface area contributed by atoms with Gasteiger partial charge in [0.05, 0.1) is 6.07 Å². The first-order chi connectivity index (χ1) is 12.3. The number of hydrogen-bond acceptors (Lipinski definition) is 3. The summed E-state index contributed by atoms with van der Waals surface area (Å²) in [6, 6.07) is 13.0. The van der Waals surface area contributed by atoms with Crippen LogP contribution in [0.2, 0.25) is 0 Å². The Morgan fingerprint density at radius 2 is 1.80 bits per heavy atom. The molecule has 2 rings (SSSR count). The first kappa shape index (κ1) is 19.0. The van der Waals surface area contributed by atoms with Gasteiger partial charge in [0, 0.05) is 13.1 Å². The van der Waals surface area contributed by atoms with Gasteiger partial charge in [0.25, 0.3) is 0 Å². The lowest BCUT2D eigenvalue weighted by molar-refractivity contribution is 0.328. The fraction of sp³-hybridized carbons (Fsp3) is 0.571. The summed E-state index contributed by atoms with van der Waals surface area (Å²) in [5.41, 5.74) is 1.35. The average Bonchev–Trinajstić information content (AvgIpc) is 2.68. The van der Waals surface area contributed by atoms with Crippen LogP contribution in [-0.4, -0.2) is 23.8 Å². The van der Waals surface area contributed by atoms with E-state index in [1.54, 1.807) is 0 Å². The zero-order valence-corrected chi connectivity index (χ0v) is 15.2. The Hall–Kier alpha value is -2.33. The standard InChI is InChI=1S/C21H28N4/c1-2-9-18(19-10-5-3-6-11-19)12-13-20(16-22)21(24-17-23)25-14-7-4-8-15-25/h3,5-6,10-11,18,20H,2,4,7-9,12-15H2,1H3. The lowest BCUT2D eigenvalue weighted by atomic mass is 9.87. The number of piperidine rings is 1. The van der Waals surface area contributed by atoms with Crippen molar-refractivity contribution < 1.29 is 0 Å². The van der Waals surface area contributed by atoms with E-state index in [2.05, 4.69) is 47.2 Å². The third-order valence-corrected chi connectivity index (χ3v) is 5.02. The maximum absolute atomic E-state index is 9.70. The van der Waals surface area contributed by atoms with Crippen LogP contribution in [0.25, 0.3) is 0 Å². The number of rotatable bonds is 7. The molecule has 0 aliphatic carbocycles. The summed E-state index contributed by atoms with van der Waals surface area (Å²) in [5.74, 6) is 0.862. The Labute approximate surface area is 151 Å². The van der Waals surface area contributed by atoms with E-state index in [1.807, 2.05) is 12.3 Å². The molecular weight excluding hydrogens is 308 g/mol. The van der Waals surface area contributed by atoms with Crippen molar-refractivity contribution in [3.63, 3.8) is 0 Å². The number of hydrogen-bond donors (Lipinski definition) is 0. The summed E-state index contributed by atoms with van der Waals surface area (Å²) in [6.45, 7) is 4.03. The molecule has 1 heterocycles. The topological polar surface area (TPSA) is 63.2 Å². The molecule has 132 valence electrons. The van der Waals surface area contributed by atoms with Crippen LogP contribution in [0, 0.1) is 28.7 Å². The van der Waals surface area contributed by atoms with Gasteiger partial charge < -0.3 is 4.90 Å². The number of likely N-dealkylation sites (tertiary alicyclic amines) is 1. The highest BCUT2D eigenvalue weighted by atomic mass is 15.2. The third kappa shape index (κ3) is 5.61. The van der Waals surface area contributed by atoms with Crippen molar-refractivity contribution in [2.45, 2.75) is 57.8 Å². The molecule has 1 aromatic carbocycles. The molecule has 0 radical (unpaired) electrons. The fourth-order valence-electron chi connectivity index (χ4n) is 3.71. The van der Waals surface area contributed by atoms with E-state index >= 15 is 0 Å². The van der Waals surface area contributed by atoms with Crippen LogP contribution >= 0.6 is 0 Å². The second-order valence-corrected chi connectivity index (χ2v) is 6.77. The van der Waals surface area contributed by atoms with Crippen LogP contribution in [-0.2, 0) is 0 Å². The molecule has 0 amide bonds. The highest BCUT2D eigenvalue weighted by molar-refractivity contribution is 5.87. The maximum atomic E-state index is 9.70. The first-order valence-corrected chi connectivity index (χ1v) is 9.46. The number of aliphatic imine (C=N–C) groups is 1. The molecule has 0 N–H and O–H groups in total. The quantitative estimate of drug-likeness (QED) is 0.406. The van der Waals surface area contributed by atoms with Gasteiger partial charge in [-0.1, -0.05) is 43.7 Å². The molecule has 2 unspecified atom stereocenters. The van der Waals surface area contributed by atoms with Gasteiger partial charge in [-0.3, -0.25) is 0 Å². The molecule has 1 aromatic rings. The molecule has 4 nitrogen and oxygen atoms in total. The summed E-state index contributed by atoms with van der Waals surface area (Å²) in [6.07, 6.45) is 9.33. The van der Waals surface area contributed by atoms with Gasteiger partial charge in [-0.2, -0.15) is 15.5 Å². The zero-order chi connectivity index (χ0) is 17.9. The summed E-state index contributed by atoms with van der Waals surface area (Å²) in [4.78, 5) is 6.19. The molecule has 1 aliphatic heterocycles. The SMILES string of the molecule is CCCC(CCC(C#N)C(=NC#N)N1CCCCC1)c1ccccc1. The minimum absolute atomic E-state index is 0.291. The van der Waals surface area contributed by atoms with Crippen LogP contribution in [0.3, 0.4) is 0 Å². The number of nitriles is 2. The van der Waals surface area contributed by atoms with Gasteiger partial charge in [-0.25, -0.2) is 0 Å². The van der Waals surface area contributed by atoms with Crippen molar-refractivity contribution in [2.75, 3.05) is 13.1 Å². The predicted octanol–water partition coefficient (Wildman–Crippen LogP) is 4.86. The summed E-state index contributed by atoms with van der Waals surface area (Å²) in [7, 11) is 0. The molecule has 1 fully saturated rings. The molecule has 0 aromatic heterocycles. The minimum Gasteiger partial charge on any atom is -0.358 e. The predicted molar refractivity (Wildman–Crippen MR) is 101 cm³/mol. The van der Waals surface area contributed by atoms with E-state index in [1.165, 1.54) is 12.0 Å². The van der Waals surface area contributed by atoms with E-state index in [9.17, 15) is 5.26 Å². The molecule has 1 aliphatic rings. The van der Waals surface area contributed by atoms with E-state index in [0.29, 0.717) is 11.8 Å². The van der Waals surface area contributed by atoms with Gasteiger partial charge >= 0.3 is 0 Å². The third-order valence-electron chi connectivity index (χ3n) is 5.02. The molecule has 1 saturated heterocycles. The molecular formula is C21H28N4. The molecule has 2 atom stereocenters. The zero-order valence-electron chi connectivity index (χ0n) is 15.2.